The van der Waals surface area contributed by atoms with Crippen molar-refractivity contribution in [3.8, 4) is 44.8 Å². The van der Waals surface area contributed by atoms with E-state index >= 15 is 0 Å². The maximum atomic E-state index is 6.58. The molecule has 0 amide bonds. The molecule has 3 aromatic heterocycles. The third-order valence-electron chi connectivity index (χ3n) is 13.4. The topological polar surface area (TPSA) is 23.0 Å². The van der Waals surface area contributed by atoms with Crippen molar-refractivity contribution in [2.45, 2.75) is 13.8 Å². The van der Waals surface area contributed by atoms with Gasteiger partial charge < -0.3 is 13.6 Å². The van der Waals surface area contributed by atoms with Gasteiger partial charge in [0, 0.05) is 43.6 Å². The molecule has 296 valence electrons. The van der Waals surface area contributed by atoms with Crippen LogP contribution in [0.2, 0.25) is 0 Å². The van der Waals surface area contributed by atoms with E-state index < -0.39 is 0 Å². The van der Waals surface area contributed by atoms with Crippen LogP contribution in [0, 0.1) is 0 Å². The summed E-state index contributed by atoms with van der Waals surface area (Å²) in [4.78, 5) is 0. The van der Waals surface area contributed by atoms with Crippen molar-refractivity contribution in [3.05, 3.63) is 217 Å². The van der Waals surface area contributed by atoms with Crippen LogP contribution >= 0.6 is 0 Å². The lowest BCUT2D eigenvalue weighted by molar-refractivity contribution is 0.669. The van der Waals surface area contributed by atoms with Crippen molar-refractivity contribution in [2.75, 3.05) is 0 Å². The van der Waals surface area contributed by atoms with Gasteiger partial charge in [0.25, 0.3) is 0 Å². The van der Waals surface area contributed by atoms with Crippen molar-refractivity contribution in [2.24, 2.45) is 0 Å². The minimum Gasteiger partial charge on any atom is -0.456 e. The molecule has 0 N–H and O–H groups in total. The molecule has 0 radical (unpaired) electrons. The van der Waals surface area contributed by atoms with Crippen LogP contribution in [0.1, 0.15) is 25.0 Å². The average Bonchev–Trinajstić information content (AvgIpc) is 4.00. The van der Waals surface area contributed by atoms with Gasteiger partial charge in [-0.3, -0.25) is 0 Å². The van der Waals surface area contributed by atoms with Crippen molar-refractivity contribution in [3.63, 3.8) is 0 Å². The largest absolute Gasteiger partial charge is 0.456 e. The van der Waals surface area contributed by atoms with E-state index in [0.29, 0.717) is 0 Å². The summed E-state index contributed by atoms with van der Waals surface area (Å²) in [5.74, 6) is 0. The van der Waals surface area contributed by atoms with E-state index in [1.807, 2.05) is 0 Å². The summed E-state index contributed by atoms with van der Waals surface area (Å²) in [6.45, 7) is 4.41. The van der Waals surface area contributed by atoms with Crippen LogP contribution in [0.25, 0.3) is 121 Å². The molecule has 3 heteroatoms. The van der Waals surface area contributed by atoms with Crippen LogP contribution in [-0.4, -0.2) is 9.13 Å². The van der Waals surface area contributed by atoms with Gasteiger partial charge in [0.2, 0.25) is 0 Å². The minimum atomic E-state index is 0.879. The molecule has 0 spiro atoms. The van der Waals surface area contributed by atoms with Gasteiger partial charge in [-0.05, 0) is 125 Å². The number of hydrogen-bond acceptors (Lipinski definition) is 1. The zero-order valence-electron chi connectivity index (χ0n) is 34.9. The highest BCUT2D eigenvalue weighted by Crippen LogP contribution is 2.50. The maximum absolute atomic E-state index is 6.58. The van der Waals surface area contributed by atoms with E-state index in [0.717, 1.165) is 55.5 Å². The number of hydrogen-bond donors (Lipinski definition) is 0. The summed E-state index contributed by atoms with van der Waals surface area (Å²) in [7, 11) is 0. The number of aromatic nitrogens is 2. The number of rotatable bonds is 4. The number of nitrogens with zero attached hydrogens (tertiary/aromatic N) is 2. The standard InChI is InChI=1S/C60H40N2O/c1-3-17-39-37(2)40-18-4-5-19-41(40)42-20-6-7-21-43(42)49-35-52(47-26-16-31-59-60(47)48-25-11-15-30-58(48)63-59)57(36-50(39)49)62-55-29-14-10-24-46(55)51-34-38(32-33-56(51)62)61-53-27-12-8-22-44(53)45-23-9-13-28-54(45)61/h3-36H,1-2H3/b17-3-,39-37-,40-37?,42-41?,49-43?,50-39?. The fourth-order valence-corrected chi connectivity index (χ4v) is 10.7. The summed E-state index contributed by atoms with van der Waals surface area (Å²) in [5, 5.41) is 7.15. The Morgan fingerprint density at radius 2 is 0.905 bits per heavy atom. The molecule has 1 aliphatic rings. The summed E-state index contributed by atoms with van der Waals surface area (Å²) < 4.78 is 11.5. The maximum Gasteiger partial charge on any atom is 0.136 e. The van der Waals surface area contributed by atoms with Crippen molar-refractivity contribution in [1.29, 1.82) is 0 Å². The Morgan fingerprint density at radius 1 is 0.381 bits per heavy atom. The van der Waals surface area contributed by atoms with E-state index in [-0.39, 0.29) is 0 Å². The Kier molecular flexibility index (Phi) is 7.73. The molecule has 0 saturated heterocycles. The lowest BCUT2D eigenvalue weighted by Crippen LogP contribution is -2.04. The number of para-hydroxylation sites is 4. The lowest BCUT2D eigenvalue weighted by Gasteiger charge is -2.26. The summed E-state index contributed by atoms with van der Waals surface area (Å²) in [6.07, 6.45) is 4.48. The molecular weight excluding hydrogens is 765 g/mol. The Morgan fingerprint density at radius 3 is 1.60 bits per heavy atom. The molecule has 0 bridgehead atoms. The first-order valence-corrected chi connectivity index (χ1v) is 21.8. The van der Waals surface area contributed by atoms with Gasteiger partial charge in [-0.15, -0.1) is 0 Å². The van der Waals surface area contributed by atoms with Crippen molar-refractivity contribution < 1.29 is 4.42 Å². The molecule has 0 unspecified atom stereocenters. The van der Waals surface area contributed by atoms with Crippen LogP contribution in [0.5, 0.6) is 0 Å². The molecule has 13 rings (SSSR count). The molecule has 1 aliphatic carbocycles. The van der Waals surface area contributed by atoms with Crippen LogP contribution in [0.4, 0.5) is 0 Å². The zero-order chi connectivity index (χ0) is 41.8. The fourth-order valence-electron chi connectivity index (χ4n) is 10.7. The van der Waals surface area contributed by atoms with E-state index in [9.17, 15) is 0 Å². The van der Waals surface area contributed by atoms with E-state index in [1.54, 1.807) is 0 Å². The molecule has 63 heavy (non-hydrogen) atoms. The quantitative estimate of drug-likeness (QED) is 0.174. The second-order valence-corrected chi connectivity index (χ2v) is 16.7. The van der Waals surface area contributed by atoms with Gasteiger partial charge in [-0.2, -0.15) is 0 Å². The number of fused-ring (bicyclic) bond motifs is 14. The Labute approximate surface area is 364 Å². The highest BCUT2D eigenvalue weighted by atomic mass is 16.3. The summed E-state index contributed by atoms with van der Waals surface area (Å²) in [6, 6.07) is 71.2. The van der Waals surface area contributed by atoms with Crippen LogP contribution in [-0.2, 0) is 0 Å². The number of benzene rings is 9. The van der Waals surface area contributed by atoms with Gasteiger partial charge in [0.15, 0.2) is 0 Å². The van der Waals surface area contributed by atoms with Crippen LogP contribution in [0.3, 0.4) is 0 Å². The summed E-state index contributed by atoms with van der Waals surface area (Å²) >= 11 is 0. The van der Waals surface area contributed by atoms with E-state index in [4.69, 9.17) is 4.42 Å². The SMILES string of the molecule is C/C=C\C1=C(/C)c2ccccc2-c2ccccc2-c2cc(-c3cccc4oc5ccccc5c34)c(-n3c4ccccc4c4cc(-n5c6ccccc6c6ccccc65)ccc43)cc21. The normalized spacial score (nSPS) is 13.9. The molecule has 12 aromatic rings. The molecular formula is C60H40N2O. The minimum absolute atomic E-state index is 0.879. The van der Waals surface area contributed by atoms with Crippen LogP contribution in [0.15, 0.2) is 211 Å². The third kappa shape index (κ3) is 5.14. The first kappa shape index (κ1) is 35.6. The fraction of sp³-hybridized carbons (Fsp3) is 0.0333. The molecule has 0 aliphatic heterocycles. The molecule has 0 atom stereocenters. The second kappa shape index (κ2) is 13.7. The molecule has 0 saturated carbocycles. The Hall–Kier alpha value is -8.14. The van der Waals surface area contributed by atoms with E-state index in [2.05, 4.69) is 229 Å². The van der Waals surface area contributed by atoms with Crippen LogP contribution < -0.4 is 0 Å². The predicted octanol–water partition coefficient (Wildman–Crippen LogP) is 16.6. The van der Waals surface area contributed by atoms with Gasteiger partial charge in [-0.1, -0.05) is 146 Å². The molecule has 3 nitrogen and oxygen atoms in total. The lowest BCUT2D eigenvalue weighted by atomic mass is 9.79. The number of allylic oxidation sites excluding steroid dienone is 4. The monoisotopic (exact) mass is 804 g/mol. The van der Waals surface area contributed by atoms with Gasteiger partial charge >= 0.3 is 0 Å². The molecule has 9 aromatic carbocycles. The van der Waals surface area contributed by atoms with Crippen molar-refractivity contribution >= 4 is 76.7 Å². The summed E-state index contributed by atoms with van der Waals surface area (Å²) in [5.41, 5.74) is 20.8. The van der Waals surface area contributed by atoms with Gasteiger partial charge in [0.05, 0.1) is 27.8 Å². The zero-order valence-corrected chi connectivity index (χ0v) is 34.9. The van der Waals surface area contributed by atoms with Gasteiger partial charge in [0.1, 0.15) is 11.2 Å². The van der Waals surface area contributed by atoms with E-state index in [1.165, 1.54) is 77.1 Å². The highest BCUT2D eigenvalue weighted by Gasteiger charge is 2.27. The van der Waals surface area contributed by atoms with Crippen molar-refractivity contribution in [1.82, 2.24) is 9.13 Å². The average molecular weight is 805 g/mol. The Balaban J connectivity index is 1.18. The third-order valence-corrected chi connectivity index (χ3v) is 13.4. The molecule has 3 heterocycles. The first-order chi connectivity index (χ1) is 31.2. The highest BCUT2D eigenvalue weighted by molar-refractivity contribution is 6.17. The smallest absolute Gasteiger partial charge is 0.136 e. The Bertz CT molecular complexity index is 3890. The molecule has 0 fully saturated rings. The number of furan rings is 1. The predicted molar refractivity (Wildman–Crippen MR) is 266 cm³/mol. The second-order valence-electron chi connectivity index (χ2n) is 16.7. The first-order valence-electron chi connectivity index (χ1n) is 21.8. The van der Waals surface area contributed by atoms with Gasteiger partial charge in [-0.25, -0.2) is 0 Å².